The Morgan fingerprint density at radius 2 is 1.27 bits per heavy atom. The van der Waals surface area contributed by atoms with Crippen LogP contribution in [0.1, 0.15) is 0 Å². The summed E-state index contributed by atoms with van der Waals surface area (Å²) in [5, 5.41) is 19.5. The molecule has 126 valence electrons. The van der Waals surface area contributed by atoms with Crippen LogP contribution in [0.25, 0.3) is 0 Å². The summed E-state index contributed by atoms with van der Waals surface area (Å²) >= 11 is 0. The fourth-order valence-electron chi connectivity index (χ4n) is 1.99. The SMILES string of the molecule is CN(C)C[C@H](O)COc1cccc(OC[C@H](O)CN(C)C)c1. The largest absolute Gasteiger partial charge is 0.491 e. The average molecular weight is 312 g/mol. The minimum absolute atomic E-state index is 0.227. The second kappa shape index (κ2) is 9.63. The van der Waals surface area contributed by atoms with Crippen LogP contribution < -0.4 is 9.47 Å². The van der Waals surface area contributed by atoms with Gasteiger partial charge in [-0.15, -0.1) is 0 Å². The number of nitrogens with zero attached hydrogens (tertiary/aromatic N) is 2. The normalized spacial score (nSPS) is 14.2. The van der Waals surface area contributed by atoms with Crippen molar-refractivity contribution in [2.45, 2.75) is 12.2 Å². The summed E-state index contributed by atoms with van der Waals surface area (Å²) in [4.78, 5) is 3.80. The van der Waals surface area contributed by atoms with Crippen molar-refractivity contribution in [3.05, 3.63) is 24.3 Å². The van der Waals surface area contributed by atoms with Crippen molar-refractivity contribution >= 4 is 0 Å². The lowest BCUT2D eigenvalue weighted by molar-refractivity contribution is 0.0801. The molecule has 1 aromatic rings. The lowest BCUT2D eigenvalue weighted by Crippen LogP contribution is -2.30. The molecule has 0 aromatic heterocycles. The maximum atomic E-state index is 9.77. The van der Waals surface area contributed by atoms with E-state index in [1.807, 2.05) is 56.2 Å². The molecule has 0 aliphatic carbocycles. The zero-order valence-electron chi connectivity index (χ0n) is 13.9. The third-order valence-electron chi connectivity index (χ3n) is 2.84. The van der Waals surface area contributed by atoms with Gasteiger partial charge in [0, 0.05) is 19.2 Å². The van der Waals surface area contributed by atoms with Gasteiger partial charge in [-0.1, -0.05) is 6.07 Å². The molecule has 0 amide bonds. The average Bonchev–Trinajstić information content (AvgIpc) is 2.42. The molecule has 0 radical (unpaired) electrons. The predicted molar refractivity (Wildman–Crippen MR) is 86.6 cm³/mol. The van der Waals surface area contributed by atoms with Crippen LogP contribution in [0.5, 0.6) is 11.5 Å². The Bertz CT molecular complexity index is 391. The van der Waals surface area contributed by atoms with Crippen LogP contribution in [0.15, 0.2) is 24.3 Å². The van der Waals surface area contributed by atoms with Crippen LogP contribution in [-0.4, -0.2) is 86.7 Å². The lowest BCUT2D eigenvalue weighted by Gasteiger charge is -2.18. The number of aliphatic hydroxyl groups is 2. The summed E-state index contributed by atoms with van der Waals surface area (Å²) in [6.07, 6.45) is -1.08. The second-order valence-corrected chi connectivity index (χ2v) is 5.93. The summed E-state index contributed by atoms with van der Waals surface area (Å²) < 4.78 is 11.1. The molecule has 0 aliphatic heterocycles. The third-order valence-corrected chi connectivity index (χ3v) is 2.84. The Morgan fingerprint density at radius 1 is 0.864 bits per heavy atom. The number of aliphatic hydroxyl groups excluding tert-OH is 2. The van der Waals surface area contributed by atoms with Crippen LogP contribution in [0.4, 0.5) is 0 Å². The third kappa shape index (κ3) is 8.19. The van der Waals surface area contributed by atoms with Gasteiger partial charge >= 0.3 is 0 Å². The molecule has 2 atom stereocenters. The molecule has 6 heteroatoms. The van der Waals surface area contributed by atoms with E-state index in [1.54, 1.807) is 6.07 Å². The van der Waals surface area contributed by atoms with Gasteiger partial charge in [0.1, 0.15) is 36.9 Å². The summed E-state index contributed by atoms with van der Waals surface area (Å²) in [6.45, 7) is 1.55. The van der Waals surface area contributed by atoms with E-state index in [0.717, 1.165) is 0 Å². The molecule has 22 heavy (non-hydrogen) atoms. The first kappa shape index (κ1) is 18.7. The zero-order valence-corrected chi connectivity index (χ0v) is 13.9. The zero-order chi connectivity index (χ0) is 16.5. The number of likely N-dealkylation sites (N-methyl/N-ethyl adjacent to an activating group) is 2. The molecular weight excluding hydrogens is 284 g/mol. The van der Waals surface area contributed by atoms with E-state index < -0.39 is 12.2 Å². The molecule has 0 heterocycles. The minimum atomic E-state index is -0.540. The van der Waals surface area contributed by atoms with Gasteiger partial charge in [0.2, 0.25) is 0 Å². The quantitative estimate of drug-likeness (QED) is 0.647. The van der Waals surface area contributed by atoms with Crippen LogP contribution in [0, 0.1) is 0 Å². The van der Waals surface area contributed by atoms with E-state index in [1.165, 1.54) is 0 Å². The van der Waals surface area contributed by atoms with Gasteiger partial charge in [-0.05, 0) is 40.3 Å². The van der Waals surface area contributed by atoms with Crippen LogP contribution in [-0.2, 0) is 0 Å². The summed E-state index contributed by atoms with van der Waals surface area (Å²) in [5.74, 6) is 1.27. The molecular formula is C16H28N2O4. The molecule has 6 nitrogen and oxygen atoms in total. The summed E-state index contributed by atoms with van der Waals surface area (Å²) in [5.41, 5.74) is 0. The standard InChI is InChI=1S/C16H28N2O4/c1-17(2)9-13(19)11-21-15-6-5-7-16(8-15)22-12-14(20)10-18(3)4/h5-8,13-14,19-20H,9-12H2,1-4H3/t13-,14+. The Morgan fingerprint density at radius 3 is 1.64 bits per heavy atom. The van der Waals surface area contributed by atoms with Crippen LogP contribution in [0.2, 0.25) is 0 Å². The number of benzene rings is 1. The predicted octanol–water partition coefficient (Wildman–Crippen LogP) is 0.289. The minimum Gasteiger partial charge on any atom is -0.491 e. The maximum Gasteiger partial charge on any atom is 0.123 e. The maximum absolute atomic E-state index is 9.77. The van der Waals surface area contributed by atoms with Crippen molar-refractivity contribution in [2.24, 2.45) is 0 Å². The van der Waals surface area contributed by atoms with Gasteiger partial charge in [0.15, 0.2) is 0 Å². The van der Waals surface area contributed by atoms with Crippen molar-refractivity contribution < 1.29 is 19.7 Å². The molecule has 0 bridgehead atoms. The van der Waals surface area contributed by atoms with E-state index in [4.69, 9.17) is 9.47 Å². The van der Waals surface area contributed by atoms with Crippen molar-refractivity contribution in [3.8, 4) is 11.5 Å². The molecule has 0 saturated carbocycles. The Balaban J connectivity index is 2.41. The van der Waals surface area contributed by atoms with Gasteiger partial charge < -0.3 is 29.5 Å². The van der Waals surface area contributed by atoms with Crippen molar-refractivity contribution in [1.29, 1.82) is 0 Å². The Kier molecular flexibility index (Phi) is 8.19. The van der Waals surface area contributed by atoms with Crippen molar-refractivity contribution in [2.75, 3.05) is 54.5 Å². The topological polar surface area (TPSA) is 65.4 Å². The van der Waals surface area contributed by atoms with E-state index >= 15 is 0 Å². The van der Waals surface area contributed by atoms with E-state index in [0.29, 0.717) is 24.6 Å². The Labute approximate surface area is 132 Å². The highest BCUT2D eigenvalue weighted by Gasteiger charge is 2.09. The fourth-order valence-corrected chi connectivity index (χ4v) is 1.99. The van der Waals surface area contributed by atoms with Crippen molar-refractivity contribution in [1.82, 2.24) is 9.80 Å². The first-order valence-electron chi connectivity index (χ1n) is 7.38. The second-order valence-electron chi connectivity index (χ2n) is 5.93. The first-order chi connectivity index (χ1) is 10.4. The van der Waals surface area contributed by atoms with E-state index in [-0.39, 0.29) is 13.2 Å². The van der Waals surface area contributed by atoms with Gasteiger partial charge in [0.05, 0.1) is 0 Å². The lowest BCUT2D eigenvalue weighted by atomic mass is 10.3. The van der Waals surface area contributed by atoms with Crippen LogP contribution in [0.3, 0.4) is 0 Å². The molecule has 2 N–H and O–H groups in total. The monoisotopic (exact) mass is 312 g/mol. The fraction of sp³-hybridized carbons (Fsp3) is 0.625. The van der Waals surface area contributed by atoms with E-state index in [2.05, 4.69) is 0 Å². The van der Waals surface area contributed by atoms with Crippen molar-refractivity contribution in [3.63, 3.8) is 0 Å². The van der Waals surface area contributed by atoms with Gasteiger partial charge in [-0.3, -0.25) is 0 Å². The smallest absolute Gasteiger partial charge is 0.123 e. The number of rotatable bonds is 10. The molecule has 0 saturated heterocycles. The molecule has 0 aliphatic rings. The highest BCUT2D eigenvalue weighted by molar-refractivity contribution is 5.32. The summed E-state index contributed by atoms with van der Waals surface area (Å²) in [7, 11) is 7.60. The van der Waals surface area contributed by atoms with Gasteiger partial charge in [-0.2, -0.15) is 0 Å². The van der Waals surface area contributed by atoms with E-state index in [9.17, 15) is 10.2 Å². The van der Waals surface area contributed by atoms with Gasteiger partial charge in [0.25, 0.3) is 0 Å². The highest BCUT2D eigenvalue weighted by Crippen LogP contribution is 2.19. The number of hydrogen-bond acceptors (Lipinski definition) is 6. The van der Waals surface area contributed by atoms with Gasteiger partial charge in [-0.25, -0.2) is 0 Å². The molecule has 0 spiro atoms. The molecule has 0 unspecified atom stereocenters. The molecule has 1 aromatic carbocycles. The Hall–Kier alpha value is -1.34. The molecule has 1 rings (SSSR count). The number of ether oxygens (including phenoxy) is 2. The van der Waals surface area contributed by atoms with Crippen LogP contribution >= 0.6 is 0 Å². The first-order valence-corrected chi connectivity index (χ1v) is 7.38. The number of hydrogen-bond donors (Lipinski definition) is 2. The highest BCUT2D eigenvalue weighted by atomic mass is 16.5. The summed E-state index contributed by atoms with van der Waals surface area (Å²) in [6, 6.07) is 7.20. The molecule has 0 fully saturated rings.